The van der Waals surface area contributed by atoms with Crippen LogP contribution in [0.2, 0.25) is 0 Å². The predicted molar refractivity (Wildman–Crippen MR) is 80.3 cm³/mol. The number of carbonyl (C=O) groups is 1. The maximum absolute atomic E-state index is 12.3. The summed E-state index contributed by atoms with van der Waals surface area (Å²) in [4.78, 5) is 26.8. The Morgan fingerprint density at radius 3 is 2.90 bits per heavy atom. The normalized spacial score (nSPS) is 22.1. The minimum atomic E-state index is -0.347. The van der Waals surface area contributed by atoms with Crippen molar-refractivity contribution < 1.29 is 9.90 Å². The van der Waals surface area contributed by atoms with Crippen molar-refractivity contribution in [3.63, 3.8) is 0 Å². The molecule has 3 N–H and O–H groups in total. The number of nitrogens with one attached hydrogen (secondary N) is 2. The largest absolute Gasteiger partial charge is 0.393 e. The van der Waals surface area contributed by atoms with E-state index >= 15 is 0 Å². The number of hydrogen-bond acceptors (Lipinski definition) is 3. The minimum Gasteiger partial charge on any atom is -0.393 e. The first-order valence-corrected chi connectivity index (χ1v) is 7.24. The number of aromatic amines is 1. The molecule has 1 aromatic carbocycles. The number of hydrogen-bond donors (Lipinski definition) is 3. The highest BCUT2D eigenvalue weighted by Crippen LogP contribution is 2.18. The quantitative estimate of drug-likeness (QED) is 0.783. The first-order chi connectivity index (χ1) is 10.1. The average Bonchev–Trinajstić information content (AvgIpc) is 2.47. The minimum absolute atomic E-state index is 0.0313. The van der Waals surface area contributed by atoms with Crippen molar-refractivity contribution in [2.45, 2.75) is 37.8 Å². The van der Waals surface area contributed by atoms with Crippen LogP contribution in [-0.2, 0) is 0 Å². The van der Waals surface area contributed by atoms with Gasteiger partial charge in [0, 0.05) is 11.4 Å². The van der Waals surface area contributed by atoms with Gasteiger partial charge < -0.3 is 15.4 Å². The number of benzene rings is 1. The topological polar surface area (TPSA) is 82.2 Å². The van der Waals surface area contributed by atoms with E-state index in [4.69, 9.17) is 0 Å². The molecule has 3 rings (SSSR count). The van der Waals surface area contributed by atoms with Crippen molar-refractivity contribution in [2.75, 3.05) is 0 Å². The van der Waals surface area contributed by atoms with Gasteiger partial charge in [0.2, 0.25) is 0 Å². The summed E-state index contributed by atoms with van der Waals surface area (Å²) in [5, 5.41) is 13.8. The van der Waals surface area contributed by atoms with Crippen LogP contribution < -0.4 is 10.9 Å². The summed E-state index contributed by atoms with van der Waals surface area (Å²) in [5.74, 6) is -0.294. The van der Waals surface area contributed by atoms with Crippen LogP contribution in [0.4, 0.5) is 0 Å². The Bertz CT molecular complexity index is 723. The first kappa shape index (κ1) is 13.8. The lowest BCUT2D eigenvalue weighted by Crippen LogP contribution is -2.40. The van der Waals surface area contributed by atoms with Crippen molar-refractivity contribution >= 4 is 16.7 Å². The number of rotatable bonds is 2. The Morgan fingerprint density at radius 2 is 2.10 bits per heavy atom. The molecule has 2 atom stereocenters. The molecule has 0 radical (unpaired) electrons. The van der Waals surface area contributed by atoms with Gasteiger partial charge in [-0.3, -0.25) is 9.59 Å². The van der Waals surface area contributed by atoms with E-state index in [1.807, 2.05) is 12.1 Å². The van der Waals surface area contributed by atoms with Gasteiger partial charge >= 0.3 is 0 Å². The maximum atomic E-state index is 12.3. The first-order valence-electron chi connectivity index (χ1n) is 7.24. The van der Waals surface area contributed by atoms with Gasteiger partial charge in [0.1, 0.15) is 5.69 Å². The van der Waals surface area contributed by atoms with E-state index in [1.54, 1.807) is 18.2 Å². The summed E-state index contributed by atoms with van der Waals surface area (Å²) < 4.78 is 0. The van der Waals surface area contributed by atoms with E-state index in [9.17, 15) is 14.7 Å². The molecule has 5 nitrogen and oxygen atoms in total. The van der Waals surface area contributed by atoms with Crippen LogP contribution in [0.5, 0.6) is 0 Å². The number of aliphatic hydroxyl groups is 1. The molecule has 1 fully saturated rings. The van der Waals surface area contributed by atoms with Crippen LogP contribution in [0.25, 0.3) is 10.8 Å². The Hall–Kier alpha value is -2.14. The summed E-state index contributed by atoms with van der Waals surface area (Å²) in [5.41, 5.74) is 0.000641. The number of fused-ring (bicyclic) bond motifs is 1. The molecule has 1 aliphatic carbocycles. The number of carbonyl (C=O) groups excluding carboxylic acids is 1. The summed E-state index contributed by atoms with van der Waals surface area (Å²) in [6, 6.07) is 8.82. The summed E-state index contributed by atoms with van der Waals surface area (Å²) in [6.07, 6.45) is 2.78. The van der Waals surface area contributed by atoms with E-state index in [0.717, 1.165) is 24.6 Å². The van der Waals surface area contributed by atoms with E-state index < -0.39 is 0 Å². The van der Waals surface area contributed by atoms with Gasteiger partial charge in [-0.25, -0.2) is 0 Å². The Labute approximate surface area is 122 Å². The lowest BCUT2D eigenvalue weighted by molar-refractivity contribution is 0.0845. The molecule has 110 valence electrons. The molecule has 0 bridgehead atoms. The zero-order valence-corrected chi connectivity index (χ0v) is 11.6. The molecule has 21 heavy (non-hydrogen) atoms. The van der Waals surface area contributed by atoms with Crippen LogP contribution in [0.3, 0.4) is 0 Å². The van der Waals surface area contributed by atoms with Crippen LogP contribution in [0.1, 0.15) is 36.2 Å². The highest BCUT2D eigenvalue weighted by atomic mass is 16.3. The molecule has 1 saturated carbocycles. The zero-order valence-electron chi connectivity index (χ0n) is 11.6. The summed E-state index contributed by atoms with van der Waals surface area (Å²) in [7, 11) is 0. The molecule has 1 aromatic heterocycles. The molecule has 1 amide bonds. The van der Waals surface area contributed by atoms with Gasteiger partial charge in [-0.2, -0.15) is 0 Å². The number of aromatic nitrogens is 1. The van der Waals surface area contributed by atoms with Crippen LogP contribution in [-0.4, -0.2) is 28.1 Å². The molecule has 0 spiro atoms. The molecule has 0 saturated heterocycles. The smallest absolute Gasteiger partial charge is 0.268 e. The molecule has 1 heterocycles. The molecule has 0 aliphatic heterocycles. The molecule has 1 aliphatic rings. The highest BCUT2D eigenvalue weighted by Gasteiger charge is 2.22. The highest BCUT2D eigenvalue weighted by molar-refractivity contribution is 5.96. The number of aliphatic hydroxyl groups excluding tert-OH is 1. The monoisotopic (exact) mass is 286 g/mol. The van der Waals surface area contributed by atoms with Crippen molar-refractivity contribution in [1.29, 1.82) is 0 Å². The van der Waals surface area contributed by atoms with Crippen LogP contribution in [0, 0.1) is 0 Å². The van der Waals surface area contributed by atoms with Gasteiger partial charge in [-0.1, -0.05) is 18.2 Å². The van der Waals surface area contributed by atoms with Gasteiger partial charge in [0.15, 0.2) is 0 Å². The Kier molecular flexibility index (Phi) is 3.75. The van der Waals surface area contributed by atoms with Crippen molar-refractivity contribution in [3.8, 4) is 0 Å². The third-order valence-electron chi connectivity index (χ3n) is 3.98. The summed E-state index contributed by atoms with van der Waals surface area (Å²) in [6.45, 7) is 0. The van der Waals surface area contributed by atoms with Gasteiger partial charge in [0.25, 0.3) is 11.5 Å². The molecule has 5 heteroatoms. The second-order valence-electron chi connectivity index (χ2n) is 5.59. The third kappa shape index (κ3) is 2.97. The van der Waals surface area contributed by atoms with Gasteiger partial charge in [0.05, 0.1) is 6.10 Å². The number of pyridine rings is 1. The predicted octanol–water partition coefficient (Wildman–Crippen LogP) is 1.56. The maximum Gasteiger partial charge on any atom is 0.268 e. The second kappa shape index (κ2) is 5.69. The van der Waals surface area contributed by atoms with E-state index in [2.05, 4.69) is 10.3 Å². The summed E-state index contributed by atoms with van der Waals surface area (Å²) >= 11 is 0. The van der Waals surface area contributed by atoms with Crippen LogP contribution >= 0.6 is 0 Å². The van der Waals surface area contributed by atoms with Gasteiger partial charge in [-0.05, 0) is 43.2 Å². The Balaban J connectivity index is 1.83. The van der Waals surface area contributed by atoms with Crippen molar-refractivity contribution in [3.05, 3.63) is 46.4 Å². The van der Waals surface area contributed by atoms with E-state index in [-0.39, 0.29) is 29.3 Å². The second-order valence-corrected chi connectivity index (χ2v) is 5.59. The lowest BCUT2D eigenvalue weighted by atomic mass is 9.93. The van der Waals surface area contributed by atoms with E-state index in [1.165, 1.54) is 0 Å². The molecule has 2 aromatic rings. The Morgan fingerprint density at radius 1 is 1.29 bits per heavy atom. The average molecular weight is 286 g/mol. The fourth-order valence-corrected chi connectivity index (χ4v) is 2.89. The third-order valence-corrected chi connectivity index (χ3v) is 3.98. The van der Waals surface area contributed by atoms with Gasteiger partial charge in [-0.15, -0.1) is 0 Å². The van der Waals surface area contributed by atoms with Crippen LogP contribution in [0.15, 0.2) is 35.1 Å². The zero-order chi connectivity index (χ0) is 14.8. The molecule has 2 unspecified atom stereocenters. The SMILES string of the molecule is O=C(NC1CCCC(O)C1)c1cc2ccccc2c(=O)[nH]1. The molecular weight excluding hydrogens is 268 g/mol. The van der Waals surface area contributed by atoms with E-state index in [0.29, 0.717) is 11.8 Å². The fourth-order valence-electron chi connectivity index (χ4n) is 2.89. The number of amides is 1. The van der Waals surface area contributed by atoms with Crippen molar-refractivity contribution in [1.82, 2.24) is 10.3 Å². The number of H-pyrrole nitrogens is 1. The lowest BCUT2D eigenvalue weighted by Gasteiger charge is -2.26. The van der Waals surface area contributed by atoms with Crippen molar-refractivity contribution in [2.24, 2.45) is 0 Å². The standard InChI is InChI=1S/C16H18N2O3/c19-12-6-3-5-11(9-12)17-16(21)14-8-10-4-1-2-7-13(10)15(20)18-14/h1-2,4,7-8,11-12,19H,3,5-6,9H2,(H,17,21)(H,18,20). The molecular formula is C16H18N2O3. The fraction of sp³-hybridized carbons (Fsp3) is 0.375.